The zero-order valence-corrected chi connectivity index (χ0v) is 9.55. The Labute approximate surface area is 104 Å². The van der Waals surface area contributed by atoms with Crippen LogP contribution in [0.3, 0.4) is 0 Å². The third kappa shape index (κ3) is 1.57. The van der Waals surface area contributed by atoms with Crippen molar-refractivity contribution in [1.29, 1.82) is 0 Å². The predicted molar refractivity (Wildman–Crippen MR) is 70.8 cm³/mol. The minimum atomic E-state index is 0.157. The minimum Gasteiger partial charge on any atom is -0.508 e. The van der Waals surface area contributed by atoms with Gasteiger partial charge in [0.2, 0.25) is 0 Å². The monoisotopic (exact) mass is 237 g/mol. The van der Waals surface area contributed by atoms with E-state index in [1.807, 2.05) is 30.3 Å². The van der Waals surface area contributed by atoms with Gasteiger partial charge in [-0.2, -0.15) is 0 Å². The summed E-state index contributed by atoms with van der Waals surface area (Å²) in [4.78, 5) is 14.5. The van der Waals surface area contributed by atoms with Gasteiger partial charge in [0.25, 0.3) is 0 Å². The summed E-state index contributed by atoms with van der Waals surface area (Å²) < 4.78 is 0. The second-order valence-corrected chi connectivity index (χ2v) is 4.13. The Kier molecular flexibility index (Phi) is 2.38. The van der Waals surface area contributed by atoms with Crippen LogP contribution in [0.25, 0.3) is 22.2 Å². The average molecular weight is 237 g/mol. The number of phenolic OH excluding ortho intramolecular Hbond substituents is 1. The zero-order chi connectivity index (χ0) is 12.5. The Hall–Kier alpha value is -2.55. The van der Waals surface area contributed by atoms with Crippen molar-refractivity contribution in [3.63, 3.8) is 0 Å². The molecule has 88 valence electrons. The van der Waals surface area contributed by atoms with Gasteiger partial charge in [0.15, 0.2) is 6.29 Å². The van der Waals surface area contributed by atoms with E-state index in [1.165, 1.54) is 0 Å². The molecular formula is C15H11NO2. The van der Waals surface area contributed by atoms with Gasteiger partial charge in [-0.25, -0.2) is 0 Å². The van der Waals surface area contributed by atoms with Crippen molar-refractivity contribution in [3.8, 4) is 17.0 Å². The number of nitrogens with one attached hydrogen (secondary N) is 1. The zero-order valence-electron chi connectivity index (χ0n) is 9.55. The Morgan fingerprint density at radius 3 is 2.56 bits per heavy atom. The number of hydrogen-bond acceptors (Lipinski definition) is 2. The first-order chi connectivity index (χ1) is 8.79. The molecule has 0 unspecified atom stereocenters. The summed E-state index contributed by atoms with van der Waals surface area (Å²) in [6.07, 6.45) is 0.820. The standard InChI is InChI=1S/C15H11NO2/c17-9-13-12-8-11(18)6-7-14(12)16-15(13)10-4-2-1-3-5-10/h1-9,16,18H. The topological polar surface area (TPSA) is 53.1 Å². The lowest BCUT2D eigenvalue weighted by atomic mass is 10.1. The van der Waals surface area contributed by atoms with Gasteiger partial charge in [-0.05, 0) is 23.8 Å². The Balaban J connectivity index is 2.33. The molecule has 3 rings (SSSR count). The van der Waals surface area contributed by atoms with Gasteiger partial charge in [-0.1, -0.05) is 30.3 Å². The summed E-state index contributed by atoms with van der Waals surface area (Å²) in [5.74, 6) is 0.157. The molecule has 1 heterocycles. The highest BCUT2D eigenvalue weighted by Crippen LogP contribution is 2.30. The first kappa shape index (κ1) is 10.6. The van der Waals surface area contributed by atoms with Gasteiger partial charge in [-0.15, -0.1) is 0 Å². The second-order valence-electron chi connectivity index (χ2n) is 4.13. The van der Waals surface area contributed by atoms with Crippen molar-refractivity contribution in [2.75, 3.05) is 0 Å². The van der Waals surface area contributed by atoms with Crippen molar-refractivity contribution in [2.24, 2.45) is 0 Å². The lowest BCUT2D eigenvalue weighted by molar-refractivity contribution is 0.112. The van der Waals surface area contributed by atoms with Gasteiger partial charge in [0, 0.05) is 16.5 Å². The Bertz CT molecular complexity index is 714. The fourth-order valence-corrected chi connectivity index (χ4v) is 2.16. The summed E-state index contributed by atoms with van der Waals surface area (Å²) in [7, 11) is 0. The van der Waals surface area contributed by atoms with E-state index in [9.17, 15) is 9.90 Å². The SMILES string of the molecule is O=Cc1c(-c2ccccc2)[nH]c2ccc(O)cc12. The second kappa shape index (κ2) is 4.04. The van der Waals surface area contributed by atoms with Crippen molar-refractivity contribution < 1.29 is 9.90 Å². The van der Waals surface area contributed by atoms with Crippen LogP contribution in [0, 0.1) is 0 Å². The van der Waals surface area contributed by atoms with Gasteiger partial charge < -0.3 is 10.1 Å². The van der Waals surface area contributed by atoms with E-state index in [2.05, 4.69) is 4.98 Å². The van der Waals surface area contributed by atoms with Crippen molar-refractivity contribution in [2.45, 2.75) is 0 Å². The number of carbonyl (C=O) groups is 1. The first-order valence-corrected chi connectivity index (χ1v) is 5.65. The molecule has 2 aromatic carbocycles. The molecule has 1 aromatic heterocycles. The van der Waals surface area contributed by atoms with Crippen LogP contribution in [0.1, 0.15) is 10.4 Å². The number of hydrogen-bond donors (Lipinski definition) is 2. The van der Waals surface area contributed by atoms with Crippen molar-refractivity contribution >= 4 is 17.2 Å². The molecule has 18 heavy (non-hydrogen) atoms. The molecule has 0 radical (unpaired) electrons. The summed E-state index contributed by atoms with van der Waals surface area (Å²) in [6, 6.07) is 14.6. The molecule has 2 N–H and O–H groups in total. The van der Waals surface area contributed by atoms with E-state index in [-0.39, 0.29) is 5.75 Å². The fraction of sp³-hybridized carbons (Fsp3) is 0. The number of carbonyl (C=O) groups excluding carboxylic acids is 1. The van der Waals surface area contributed by atoms with Gasteiger partial charge >= 0.3 is 0 Å². The number of rotatable bonds is 2. The highest BCUT2D eigenvalue weighted by atomic mass is 16.3. The highest BCUT2D eigenvalue weighted by molar-refractivity contribution is 6.04. The van der Waals surface area contributed by atoms with Crippen LogP contribution in [0.15, 0.2) is 48.5 Å². The maximum absolute atomic E-state index is 11.3. The van der Waals surface area contributed by atoms with Gasteiger partial charge in [0.1, 0.15) is 5.75 Å². The number of fused-ring (bicyclic) bond motifs is 1. The van der Waals surface area contributed by atoms with Gasteiger partial charge in [-0.3, -0.25) is 4.79 Å². The van der Waals surface area contributed by atoms with E-state index < -0.39 is 0 Å². The Morgan fingerprint density at radius 1 is 1.06 bits per heavy atom. The summed E-state index contributed by atoms with van der Waals surface area (Å²) in [5.41, 5.74) is 3.15. The molecule has 0 aliphatic carbocycles. The molecule has 0 amide bonds. The highest BCUT2D eigenvalue weighted by Gasteiger charge is 2.12. The average Bonchev–Trinajstić information content (AvgIpc) is 2.77. The number of aldehydes is 1. The lowest BCUT2D eigenvalue weighted by Gasteiger charge is -1.98. The normalized spacial score (nSPS) is 10.7. The van der Waals surface area contributed by atoms with Crippen LogP contribution in [-0.4, -0.2) is 16.4 Å². The van der Waals surface area contributed by atoms with Crippen LogP contribution >= 0.6 is 0 Å². The molecule has 0 bridgehead atoms. The molecule has 0 saturated carbocycles. The maximum atomic E-state index is 11.3. The molecule has 3 aromatic rings. The number of benzene rings is 2. The van der Waals surface area contributed by atoms with Gasteiger partial charge in [0.05, 0.1) is 5.69 Å². The number of aromatic amines is 1. The minimum absolute atomic E-state index is 0.157. The van der Waals surface area contributed by atoms with Crippen LogP contribution in [0.5, 0.6) is 5.75 Å². The molecular weight excluding hydrogens is 226 g/mol. The van der Waals surface area contributed by atoms with E-state index in [4.69, 9.17) is 0 Å². The van der Waals surface area contributed by atoms with Crippen LogP contribution in [0.4, 0.5) is 0 Å². The third-order valence-corrected chi connectivity index (χ3v) is 3.00. The third-order valence-electron chi connectivity index (χ3n) is 3.00. The van der Waals surface area contributed by atoms with Crippen molar-refractivity contribution in [3.05, 3.63) is 54.1 Å². The molecule has 0 atom stereocenters. The summed E-state index contributed by atoms with van der Waals surface area (Å²) >= 11 is 0. The molecule has 0 saturated heterocycles. The van der Waals surface area contributed by atoms with Crippen LogP contribution in [-0.2, 0) is 0 Å². The number of H-pyrrole nitrogens is 1. The predicted octanol–water partition coefficient (Wildman–Crippen LogP) is 3.35. The van der Waals surface area contributed by atoms with Crippen LogP contribution < -0.4 is 0 Å². The summed E-state index contributed by atoms with van der Waals surface area (Å²) in [6.45, 7) is 0. The molecule has 0 aliphatic heterocycles. The number of aromatic hydroxyl groups is 1. The smallest absolute Gasteiger partial charge is 0.152 e. The molecule has 3 nitrogen and oxygen atoms in total. The Morgan fingerprint density at radius 2 is 1.83 bits per heavy atom. The molecule has 3 heteroatoms. The van der Waals surface area contributed by atoms with Crippen molar-refractivity contribution in [1.82, 2.24) is 4.98 Å². The first-order valence-electron chi connectivity index (χ1n) is 5.65. The molecule has 0 aliphatic rings. The summed E-state index contributed by atoms with van der Waals surface area (Å²) in [5, 5.41) is 10.2. The quantitative estimate of drug-likeness (QED) is 0.671. The largest absolute Gasteiger partial charge is 0.508 e. The van der Waals surface area contributed by atoms with E-state index in [0.29, 0.717) is 5.56 Å². The number of phenols is 1. The number of aromatic nitrogens is 1. The molecule has 0 spiro atoms. The van der Waals surface area contributed by atoms with E-state index in [0.717, 1.165) is 28.4 Å². The fourth-order valence-electron chi connectivity index (χ4n) is 2.16. The van der Waals surface area contributed by atoms with E-state index >= 15 is 0 Å². The lowest BCUT2D eigenvalue weighted by Crippen LogP contribution is -1.83. The van der Waals surface area contributed by atoms with E-state index in [1.54, 1.807) is 18.2 Å². The molecule has 0 fully saturated rings. The van der Waals surface area contributed by atoms with Crippen LogP contribution in [0.2, 0.25) is 0 Å². The maximum Gasteiger partial charge on any atom is 0.152 e.